The SMILES string of the molecule is C[C@](O)(CO)CCOc1ccc2cc(OCc3ccccc3)c(N3CC(=O)NS3(=O)=O)c(F)c2c1. The number of benzene rings is 3. The van der Waals surface area contributed by atoms with E-state index in [2.05, 4.69) is 0 Å². The van der Waals surface area contributed by atoms with E-state index in [9.17, 15) is 18.3 Å². The van der Waals surface area contributed by atoms with Gasteiger partial charge in [-0.25, -0.2) is 13.4 Å². The van der Waals surface area contributed by atoms with Crippen molar-refractivity contribution in [2.24, 2.45) is 0 Å². The van der Waals surface area contributed by atoms with E-state index in [0.29, 0.717) is 9.69 Å². The fraction of sp³-hybridized carbons (Fsp3) is 0.292. The van der Waals surface area contributed by atoms with Crippen LogP contribution in [0.2, 0.25) is 0 Å². The minimum absolute atomic E-state index is 0.0356. The van der Waals surface area contributed by atoms with Crippen LogP contribution in [-0.4, -0.2) is 49.9 Å². The lowest BCUT2D eigenvalue weighted by Crippen LogP contribution is -2.31. The minimum Gasteiger partial charge on any atom is -0.493 e. The van der Waals surface area contributed by atoms with E-state index in [-0.39, 0.29) is 42.2 Å². The smallest absolute Gasteiger partial charge is 0.326 e. The number of ether oxygens (including phenoxy) is 2. The second kappa shape index (κ2) is 9.68. The molecule has 11 heteroatoms. The number of hydrogen-bond acceptors (Lipinski definition) is 7. The molecule has 1 fully saturated rings. The number of aliphatic hydroxyl groups is 2. The van der Waals surface area contributed by atoms with Gasteiger partial charge in [0.2, 0.25) is 0 Å². The van der Waals surface area contributed by atoms with E-state index in [0.717, 1.165) is 5.56 Å². The summed E-state index contributed by atoms with van der Waals surface area (Å²) in [4.78, 5) is 11.8. The molecule has 0 unspecified atom stereocenters. The number of nitrogens with one attached hydrogen (secondary N) is 1. The largest absolute Gasteiger partial charge is 0.493 e. The van der Waals surface area contributed by atoms with Crippen LogP contribution in [0.5, 0.6) is 11.5 Å². The predicted octanol–water partition coefficient (Wildman–Crippen LogP) is 2.25. The molecule has 35 heavy (non-hydrogen) atoms. The van der Waals surface area contributed by atoms with Gasteiger partial charge in [0.1, 0.15) is 30.3 Å². The number of fused-ring (bicyclic) bond motifs is 1. The van der Waals surface area contributed by atoms with Crippen molar-refractivity contribution in [3.8, 4) is 11.5 Å². The maximum Gasteiger partial charge on any atom is 0.326 e. The van der Waals surface area contributed by atoms with Gasteiger partial charge in [-0.05, 0) is 36.1 Å². The van der Waals surface area contributed by atoms with Crippen LogP contribution in [0, 0.1) is 5.82 Å². The number of rotatable bonds is 9. The third-order valence-electron chi connectivity index (χ3n) is 5.55. The zero-order chi connectivity index (χ0) is 25.2. The summed E-state index contributed by atoms with van der Waals surface area (Å²) in [5, 5.41) is 19.6. The van der Waals surface area contributed by atoms with Gasteiger partial charge in [-0.1, -0.05) is 36.4 Å². The van der Waals surface area contributed by atoms with Crippen molar-refractivity contribution in [3.05, 3.63) is 66.0 Å². The number of carbonyl (C=O) groups is 1. The van der Waals surface area contributed by atoms with Crippen LogP contribution >= 0.6 is 0 Å². The molecule has 9 nitrogen and oxygen atoms in total. The Morgan fingerprint density at radius 2 is 1.89 bits per heavy atom. The van der Waals surface area contributed by atoms with E-state index in [1.54, 1.807) is 12.1 Å². The Kier molecular flexibility index (Phi) is 6.84. The molecule has 0 bridgehead atoms. The highest BCUT2D eigenvalue weighted by molar-refractivity contribution is 7.92. The van der Waals surface area contributed by atoms with Crippen molar-refractivity contribution in [2.75, 3.05) is 24.1 Å². The highest BCUT2D eigenvalue weighted by Gasteiger charge is 2.38. The zero-order valence-electron chi connectivity index (χ0n) is 18.9. The van der Waals surface area contributed by atoms with Crippen molar-refractivity contribution >= 4 is 32.6 Å². The molecule has 3 aromatic carbocycles. The summed E-state index contributed by atoms with van der Waals surface area (Å²) in [5.74, 6) is -1.43. The van der Waals surface area contributed by atoms with Crippen molar-refractivity contribution in [3.63, 3.8) is 0 Å². The molecule has 1 heterocycles. The molecule has 1 atom stereocenters. The lowest BCUT2D eigenvalue weighted by Gasteiger charge is -2.22. The molecule has 4 rings (SSSR count). The van der Waals surface area contributed by atoms with Gasteiger partial charge < -0.3 is 19.7 Å². The summed E-state index contributed by atoms with van der Waals surface area (Å²) >= 11 is 0. The van der Waals surface area contributed by atoms with Crippen LogP contribution in [0.1, 0.15) is 18.9 Å². The van der Waals surface area contributed by atoms with E-state index >= 15 is 4.39 Å². The average Bonchev–Trinajstić information content (AvgIpc) is 3.10. The number of anilines is 1. The number of aliphatic hydroxyl groups excluding tert-OH is 1. The molecule has 0 spiro atoms. The third kappa shape index (κ3) is 5.47. The first-order valence-electron chi connectivity index (χ1n) is 10.8. The fourth-order valence-electron chi connectivity index (χ4n) is 3.58. The highest BCUT2D eigenvalue weighted by Crippen LogP contribution is 2.40. The molecular formula is C24H25FN2O7S. The third-order valence-corrected chi connectivity index (χ3v) is 6.92. The van der Waals surface area contributed by atoms with Gasteiger partial charge in [0, 0.05) is 11.8 Å². The van der Waals surface area contributed by atoms with Crippen LogP contribution in [0.3, 0.4) is 0 Å². The maximum absolute atomic E-state index is 15.9. The maximum atomic E-state index is 15.9. The molecule has 0 aliphatic carbocycles. The van der Waals surface area contributed by atoms with Crippen LogP contribution in [0.4, 0.5) is 10.1 Å². The summed E-state index contributed by atoms with van der Waals surface area (Å²) in [7, 11) is -4.30. The topological polar surface area (TPSA) is 125 Å². The molecule has 186 valence electrons. The molecule has 0 saturated carbocycles. The van der Waals surface area contributed by atoms with Crippen LogP contribution in [0.25, 0.3) is 10.8 Å². The Labute approximate surface area is 201 Å². The lowest BCUT2D eigenvalue weighted by atomic mass is 10.1. The molecule has 1 aliphatic rings. The average molecular weight is 505 g/mol. The quantitative estimate of drug-likeness (QED) is 0.408. The first kappa shape index (κ1) is 24.7. The Balaban J connectivity index is 1.72. The summed E-state index contributed by atoms with van der Waals surface area (Å²) in [6.45, 7) is 0.560. The molecular weight excluding hydrogens is 479 g/mol. The van der Waals surface area contributed by atoms with Crippen molar-refractivity contribution < 1.29 is 37.3 Å². The predicted molar refractivity (Wildman–Crippen MR) is 127 cm³/mol. The number of halogens is 1. The number of nitrogens with zero attached hydrogens (tertiary/aromatic N) is 1. The lowest BCUT2D eigenvalue weighted by molar-refractivity contribution is -0.117. The summed E-state index contributed by atoms with van der Waals surface area (Å²) in [6, 6.07) is 15.2. The number of hydrogen-bond donors (Lipinski definition) is 3. The molecule has 3 aromatic rings. The Bertz CT molecular complexity index is 1350. The van der Waals surface area contributed by atoms with Gasteiger partial charge in [0.15, 0.2) is 5.82 Å². The Morgan fingerprint density at radius 3 is 2.54 bits per heavy atom. The van der Waals surface area contributed by atoms with Crippen molar-refractivity contribution in [2.45, 2.75) is 25.6 Å². The standard InChI is InChI=1S/C24H25FN2O7S/c1-24(30,15-28)9-10-33-18-8-7-17-11-20(34-14-16-5-3-2-4-6-16)23(22(25)19(17)12-18)27-13-21(29)26-35(27,31)32/h2-8,11-12,28,30H,9-10,13-15H2,1H3,(H,26,29)/t24-/m1/s1. The van der Waals surface area contributed by atoms with Crippen molar-refractivity contribution in [1.82, 2.24) is 4.72 Å². The van der Waals surface area contributed by atoms with E-state index in [1.807, 2.05) is 35.1 Å². The van der Waals surface area contributed by atoms with E-state index in [4.69, 9.17) is 14.6 Å². The van der Waals surface area contributed by atoms with Gasteiger partial charge in [-0.15, -0.1) is 0 Å². The minimum atomic E-state index is -4.30. The van der Waals surface area contributed by atoms with Crippen LogP contribution in [0.15, 0.2) is 54.6 Å². The summed E-state index contributed by atoms with van der Waals surface area (Å²) in [6.07, 6.45) is 0.140. The first-order chi connectivity index (χ1) is 16.6. The molecule has 0 radical (unpaired) electrons. The molecule has 0 aromatic heterocycles. The monoisotopic (exact) mass is 504 g/mol. The summed E-state index contributed by atoms with van der Waals surface area (Å²) in [5.41, 5.74) is -0.906. The second-order valence-corrected chi connectivity index (χ2v) is 10.1. The second-order valence-electron chi connectivity index (χ2n) is 8.48. The number of carbonyl (C=O) groups excluding carboxylic acids is 1. The molecule has 1 amide bonds. The molecule has 1 saturated heterocycles. The van der Waals surface area contributed by atoms with Gasteiger partial charge in [0.25, 0.3) is 5.91 Å². The normalized spacial score (nSPS) is 16.7. The van der Waals surface area contributed by atoms with Gasteiger partial charge in [0.05, 0.1) is 18.8 Å². The Morgan fingerprint density at radius 1 is 1.14 bits per heavy atom. The van der Waals surface area contributed by atoms with Crippen molar-refractivity contribution in [1.29, 1.82) is 0 Å². The van der Waals surface area contributed by atoms with Gasteiger partial charge >= 0.3 is 10.2 Å². The highest BCUT2D eigenvalue weighted by atomic mass is 32.2. The first-order valence-corrected chi connectivity index (χ1v) is 12.3. The zero-order valence-corrected chi connectivity index (χ0v) is 19.7. The molecule has 1 aliphatic heterocycles. The van der Waals surface area contributed by atoms with Crippen LogP contribution in [-0.2, 0) is 21.6 Å². The van der Waals surface area contributed by atoms with Crippen LogP contribution < -0.4 is 18.5 Å². The van der Waals surface area contributed by atoms with E-state index < -0.39 is 40.7 Å². The van der Waals surface area contributed by atoms with E-state index in [1.165, 1.54) is 19.1 Å². The fourth-order valence-corrected chi connectivity index (χ4v) is 4.74. The Hall–Kier alpha value is -3.41. The summed E-state index contributed by atoms with van der Waals surface area (Å²) < 4.78 is 54.8. The van der Waals surface area contributed by atoms with Gasteiger partial charge in [-0.2, -0.15) is 8.42 Å². The van der Waals surface area contributed by atoms with Gasteiger partial charge in [-0.3, -0.25) is 4.79 Å². The molecule has 3 N–H and O–H groups in total. The number of amides is 1.